The maximum atomic E-state index is 12.6. The van der Waals surface area contributed by atoms with Gasteiger partial charge < -0.3 is 10.6 Å². The van der Waals surface area contributed by atoms with Gasteiger partial charge in [0.05, 0.1) is 35.4 Å². The van der Waals surface area contributed by atoms with Crippen molar-refractivity contribution in [1.82, 2.24) is 28.6 Å². The summed E-state index contributed by atoms with van der Waals surface area (Å²) in [4.78, 5) is 25.6. The van der Waals surface area contributed by atoms with Crippen molar-refractivity contribution in [3.63, 3.8) is 0 Å². The molecule has 2 aromatic heterocycles. The molecule has 2 amide bonds. The average molecular weight is 349 g/mol. The molecule has 0 spiro atoms. The lowest BCUT2D eigenvalue weighted by atomic mass is 9.96. The second kappa shape index (κ2) is 6.63. The van der Waals surface area contributed by atoms with Crippen molar-refractivity contribution in [3.05, 3.63) is 22.8 Å². The first-order chi connectivity index (χ1) is 11.5. The molecule has 0 saturated carbocycles. The maximum absolute atomic E-state index is 12.6. The van der Waals surface area contributed by atoms with Crippen molar-refractivity contribution in [3.8, 4) is 0 Å². The number of rotatable bonds is 4. The number of likely N-dealkylation sites (tertiary alicyclic amines) is 1. The molecule has 3 rings (SSSR count). The number of carbonyl (C=O) groups excluding carboxylic acids is 2. The summed E-state index contributed by atoms with van der Waals surface area (Å²) in [6.45, 7) is 5.17. The second-order valence-corrected chi connectivity index (χ2v) is 6.47. The van der Waals surface area contributed by atoms with Gasteiger partial charge in [-0.25, -0.2) is 4.68 Å². The first-order valence-corrected chi connectivity index (χ1v) is 8.47. The molecule has 0 radical (unpaired) electrons. The number of hydrogen-bond acceptors (Lipinski definition) is 7. The Labute approximate surface area is 143 Å². The Morgan fingerprint density at radius 3 is 2.54 bits per heavy atom. The predicted molar refractivity (Wildman–Crippen MR) is 86.3 cm³/mol. The lowest BCUT2D eigenvalue weighted by Gasteiger charge is -2.30. The Kier molecular flexibility index (Phi) is 4.56. The number of carbonyl (C=O) groups is 2. The van der Waals surface area contributed by atoms with Crippen molar-refractivity contribution < 1.29 is 9.59 Å². The van der Waals surface area contributed by atoms with E-state index >= 15 is 0 Å². The van der Waals surface area contributed by atoms with Crippen LogP contribution in [0.2, 0.25) is 0 Å². The molecule has 2 N–H and O–H groups in total. The van der Waals surface area contributed by atoms with Gasteiger partial charge in [-0.3, -0.25) is 9.59 Å². The fourth-order valence-corrected chi connectivity index (χ4v) is 3.32. The molecule has 3 heterocycles. The summed E-state index contributed by atoms with van der Waals surface area (Å²) in [6, 6.07) is 0. The monoisotopic (exact) mass is 349 g/mol. The van der Waals surface area contributed by atoms with Crippen LogP contribution in [0.3, 0.4) is 0 Å². The quantitative estimate of drug-likeness (QED) is 0.838. The Morgan fingerprint density at radius 1 is 1.25 bits per heavy atom. The highest BCUT2D eigenvalue weighted by Gasteiger charge is 2.29. The summed E-state index contributed by atoms with van der Waals surface area (Å²) in [5, 5.41) is 8.11. The van der Waals surface area contributed by atoms with Crippen molar-refractivity contribution in [2.75, 3.05) is 13.1 Å². The van der Waals surface area contributed by atoms with Gasteiger partial charge in [0, 0.05) is 19.0 Å². The smallest absolute Gasteiger partial charge is 0.276 e. The minimum atomic E-state index is -0.295. The Balaban J connectivity index is 1.70. The van der Waals surface area contributed by atoms with Crippen molar-refractivity contribution in [2.45, 2.75) is 33.2 Å². The fourth-order valence-electron chi connectivity index (χ4n) is 2.76. The zero-order valence-corrected chi connectivity index (χ0v) is 14.4. The fraction of sp³-hybridized carbons (Fsp3) is 0.571. The molecule has 1 aliphatic rings. The van der Waals surface area contributed by atoms with Gasteiger partial charge in [-0.15, -0.1) is 5.10 Å². The highest BCUT2D eigenvalue weighted by atomic mass is 32.1. The summed E-state index contributed by atoms with van der Waals surface area (Å²) in [7, 11) is 0. The maximum Gasteiger partial charge on any atom is 0.276 e. The van der Waals surface area contributed by atoms with E-state index in [1.807, 2.05) is 13.8 Å². The zero-order valence-electron chi connectivity index (χ0n) is 13.6. The molecular weight excluding hydrogens is 330 g/mol. The average Bonchev–Trinajstić information content (AvgIpc) is 3.14. The third-order valence-electron chi connectivity index (χ3n) is 4.42. The first-order valence-electron chi connectivity index (χ1n) is 7.74. The van der Waals surface area contributed by atoms with Crippen LogP contribution >= 0.6 is 11.7 Å². The number of nitrogens with two attached hydrogens (primary N) is 1. The Hall–Kier alpha value is -2.36. The van der Waals surface area contributed by atoms with Crippen LogP contribution in [-0.2, 0) is 11.3 Å². The van der Waals surface area contributed by atoms with Crippen LogP contribution in [-0.4, -0.2) is 53.5 Å². The lowest BCUT2D eigenvalue weighted by molar-refractivity contribution is -0.123. The molecule has 128 valence electrons. The van der Waals surface area contributed by atoms with Crippen molar-refractivity contribution in [1.29, 1.82) is 0 Å². The Morgan fingerprint density at radius 2 is 1.96 bits per heavy atom. The van der Waals surface area contributed by atoms with E-state index in [9.17, 15) is 9.59 Å². The molecule has 24 heavy (non-hydrogen) atoms. The minimum Gasteiger partial charge on any atom is -0.369 e. The summed E-state index contributed by atoms with van der Waals surface area (Å²) >= 11 is 1.16. The molecule has 0 aliphatic carbocycles. The van der Waals surface area contributed by atoms with E-state index in [1.54, 1.807) is 9.58 Å². The van der Waals surface area contributed by atoms with Gasteiger partial charge in [0.15, 0.2) is 5.69 Å². The second-order valence-electron chi connectivity index (χ2n) is 5.95. The molecule has 1 fully saturated rings. The van der Waals surface area contributed by atoms with Crippen LogP contribution < -0.4 is 5.73 Å². The number of nitrogens with zero attached hydrogens (tertiary/aromatic N) is 6. The van der Waals surface area contributed by atoms with Crippen LogP contribution in [0, 0.1) is 19.8 Å². The van der Waals surface area contributed by atoms with Gasteiger partial charge >= 0.3 is 0 Å². The van der Waals surface area contributed by atoms with Crippen molar-refractivity contribution >= 4 is 23.5 Å². The van der Waals surface area contributed by atoms with Gasteiger partial charge in [0.1, 0.15) is 0 Å². The molecule has 2 aromatic rings. The Bertz CT molecular complexity index is 761. The molecule has 1 saturated heterocycles. The normalized spacial score (nSPS) is 15.7. The molecule has 10 heteroatoms. The zero-order chi connectivity index (χ0) is 17.3. The van der Waals surface area contributed by atoms with E-state index in [4.69, 9.17) is 5.73 Å². The predicted octanol–water partition coefficient (Wildman–Crippen LogP) is 0.132. The van der Waals surface area contributed by atoms with Crippen LogP contribution in [0.5, 0.6) is 0 Å². The largest absolute Gasteiger partial charge is 0.369 e. The van der Waals surface area contributed by atoms with Crippen LogP contribution in [0.25, 0.3) is 0 Å². The highest BCUT2D eigenvalue weighted by Crippen LogP contribution is 2.19. The highest BCUT2D eigenvalue weighted by molar-refractivity contribution is 6.99. The van der Waals surface area contributed by atoms with E-state index in [0.717, 1.165) is 23.1 Å². The number of hydrogen-bond donors (Lipinski definition) is 1. The standard InChI is InChI=1S/C14H19N7O2S/c1-8-11(18-24-17-8)7-21-9(2)12(16-19-21)14(23)20-5-3-10(4-6-20)13(15)22/h10H,3-7H2,1-2H3,(H2,15,22). The van der Waals surface area contributed by atoms with Gasteiger partial charge in [0.2, 0.25) is 5.91 Å². The third kappa shape index (κ3) is 3.14. The number of amides is 2. The van der Waals surface area contributed by atoms with E-state index in [-0.39, 0.29) is 17.7 Å². The van der Waals surface area contributed by atoms with Gasteiger partial charge in [0.25, 0.3) is 5.91 Å². The molecule has 9 nitrogen and oxygen atoms in total. The molecule has 0 unspecified atom stereocenters. The summed E-state index contributed by atoms with van der Waals surface area (Å²) in [5.74, 6) is -0.600. The van der Waals surface area contributed by atoms with Gasteiger partial charge in [-0.1, -0.05) is 5.21 Å². The third-order valence-corrected chi connectivity index (χ3v) is 5.07. The van der Waals surface area contributed by atoms with Crippen molar-refractivity contribution in [2.24, 2.45) is 11.7 Å². The summed E-state index contributed by atoms with van der Waals surface area (Å²) in [6.07, 6.45) is 1.19. The summed E-state index contributed by atoms with van der Waals surface area (Å²) in [5.41, 5.74) is 8.05. The number of aryl methyl sites for hydroxylation is 1. The van der Waals surface area contributed by atoms with Crippen LogP contribution in [0.4, 0.5) is 0 Å². The van der Waals surface area contributed by atoms with Gasteiger partial charge in [-0.05, 0) is 26.7 Å². The minimum absolute atomic E-state index is 0.147. The van der Waals surface area contributed by atoms with E-state index in [0.29, 0.717) is 43.9 Å². The molecular formula is C14H19N7O2S. The molecule has 1 aliphatic heterocycles. The molecule has 0 atom stereocenters. The molecule has 0 aromatic carbocycles. The van der Waals surface area contributed by atoms with Crippen LogP contribution in [0.1, 0.15) is 40.4 Å². The summed E-state index contributed by atoms with van der Waals surface area (Å²) < 4.78 is 10.0. The topological polar surface area (TPSA) is 120 Å². The van der Waals surface area contributed by atoms with E-state index in [2.05, 4.69) is 19.1 Å². The molecule has 0 bridgehead atoms. The number of piperidine rings is 1. The number of aromatic nitrogens is 5. The number of primary amides is 1. The van der Waals surface area contributed by atoms with Crippen LogP contribution in [0.15, 0.2) is 0 Å². The SMILES string of the molecule is Cc1nsnc1Cn1nnc(C(=O)N2CCC(C(N)=O)CC2)c1C. The first kappa shape index (κ1) is 16.5. The van der Waals surface area contributed by atoms with Gasteiger partial charge in [-0.2, -0.15) is 8.75 Å². The lowest BCUT2D eigenvalue weighted by Crippen LogP contribution is -2.42. The van der Waals surface area contributed by atoms with E-state index < -0.39 is 0 Å². The van der Waals surface area contributed by atoms with E-state index in [1.165, 1.54) is 0 Å².